The van der Waals surface area contributed by atoms with E-state index < -0.39 is 0 Å². The maximum atomic E-state index is 6.62. The van der Waals surface area contributed by atoms with E-state index in [9.17, 15) is 0 Å². The third kappa shape index (κ3) is 3.59. The molecule has 0 amide bonds. The molecule has 0 fully saturated rings. The Balaban J connectivity index is 3.49. The van der Waals surface area contributed by atoms with Crippen molar-refractivity contribution in [2.24, 2.45) is 0 Å². The molecule has 0 saturated heterocycles. The third-order valence-corrected chi connectivity index (χ3v) is 1.42. The molecule has 0 bridgehead atoms. The fourth-order valence-electron chi connectivity index (χ4n) is 0.185. The van der Waals surface area contributed by atoms with Crippen LogP contribution in [0.25, 0.3) is 0 Å². The molecule has 0 atom stereocenters. The topological polar surface area (TPSA) is 23.9 Å². The predicted octanol–water partition coefficient (Wildman–Crippen LogP) is 1.90. The Labute approximate surface area is 48.3 Å². The van der Waals surface area contributed by atoms with Gasteiger partial charge in [-0.1, -0.05) is 0 Å². The molecule has 0 aromatic carbocycles. The molecule has 40 valence electrons. The van der Waals surface area contributed by atoms with Gasteiger partial charge in [-0.2, -0.15) is 0 Å². The first kappa shape index (κ1) is 6.76. The monoisotopic (exact) mass is 115 g/mol. The van der Waals surface area contributed by atoms with Crippen LogP contribution in [0.1, 0.15) is 6.92 Å². The van der Waals surface area contributed by atoms with Crippen molar-refractivity contribution < 1.29 is 0 Å². The van der Waals surface area contributed by atoms with Crippen molar-refractivity contribution in [3.05, 3.63) is 11.0 Å². The molecule has 0 aromatic rings. The highest BCUT2D eigenvalue weighted by atomic mass is 32.2. The molecule has 0 radical (unpaired) electrons. The summed E-state index contributed by atoms with van der Waals surface area (Å²) in [6.07, 6.45) is 5.06. The van der Waals surface area contributed by atoms with Gasteiger partial charge in [-0.15, -0.1) is 11.8 Å². The maximum absolute atomic E-state index is 6.62. The molecule has 1 N–H and O–H groups in total. The lowest BCUT2D eigenvalue weighted by Crippen LogP contribution is -1.63. The predicted molar refractivity (Wildman–Crippen MR) is 36.1 cm³/mol. The zero-order chi connectivity index (χ0) is 5.70. The van der Waals surface area contributed by atoms with E-state index in [-0.39, 0.29) is 0 Å². The number of nitrogens with one attached hydrogen (secondary N) is 1. The fourth-order valence-corrected chi connectivity index (χ4v) is 0.390. The first-order valence-corrected chi connectivity index (χ1v) is 3.25. The molecule has 2 heteroatoms. The van der Waals surface area contributed by atoms with Crippen LogP contribution < -0.4 is 0 Å². The van der Waals surface area contributed by atoms with Crippen molar-refractivity contribution in [3.63, 3.8) is 0 Å². The zero-order valence-electron chi connectivity index (χ0n) is 4.56. The largest absolute Gasteiger partial charge is 0.309 e. The molecule has 7 heavy (non-hydrogen) atoms. The van der Waals surface area contributed by atoms with E-state index in [1.54, 1.807) is 17.8 Å². The second-order valence-electron chi connectivity index (χ2n) is 1.15. The number of hydrogen-bond donors (Lipinski definition) is 1. The van der Waals surface area contributed by atoms with E-state index in [0.717, 1.165) is 0 Å². The second-order valence-corrected chi connectivity index (χ2v) is 2.20. The molecular weight excluding hydrogens is 106 g/mol. The average molecular weight is 115 g/mol. The van der Waals surface area contributed by atoms with E-state index in [1.165, 1.54) is 11.1 Å². The van der Waals surface area contributed by atoms with Crippen molar-refractivity contribution in [1.82, 2.24) is 0 Å². The lowest BCUT2D eigenvalue weighted by Gasteiger charge is -1.85. The molecule has 0 rings (SSSR count). The minimum absolute atomic E-state index is 1.18. The van der Waals surface area contributed by atoms with Crippen molar-refractivity contribution in [1.29, 1.82) is 5.41 Å². The summed E-state index contributed by atoms with van der Waals surface area (Å²) in [6, 6.07) is 0. The highest BCUT2D eigenvalue weighted by Gasteiger charge is 1.75. The van der Waals surface area contributed by atoms with Gasteiger partial charge in [-0.25, -0.2) is 0 Å². The van der Waals surface area contributed by atoms with Gasteiger partial charge in [0.1, 0.15) is 0 Å². The van der Waals surface area contributed by atoms with Crippen LogP contribution in [-0.2, 0) is 0 Å². The SMILES string of the molecule is CS/C(C)=C/C=N. The van der Waals surface area contributed by atoms with Gasteiger partial charge in [0.2, 0.25) is 0 Å². The molecule has 0 spiro atoms. The zero-order valence-corrected chi connectivity index (χ0v) is 5.38. The quantitative estimate of drug-likeness (QED) is 0.546. The standard InChI is InChI=1S/C5H9NS/c1-5(7-2)3-4-6/h3-4,6H,1-2H3/b5-3+,6-4?. The van der Waals surface area contributed by atoms with E-state index in [4.69, 9.17) is 5.41 Å². The number of hydrogen-bond acceptors (Lipinski definition) is 2. The molecule has 0 aromatic heterocycles. The second kappa shape index (κ2) is 3.93. The Hall–Kier alpha value is -0.240. The van der Waals surface area contributed by atoms with Gasteiger partial charge in [-0.05, 0) is 24.2 Å². The van der Waals surface area contributed by atoms with Gasteiger partial charge in [0, 0.05) is 6.21 Å². The molecule has 0 unspecified atom stereocenters. The molecule has 0 aliphatic rings. The Kier molecular flexibility index (Phi) is 3.80. The Morgan fingerprint density at radius 1 is 1.71 bits per heavy atom. The third-order valence-electron chi connectivity index (χ3n) is 0.640. The minimum Gasteiger partial charge on any atom is -0.309 e. The van der Waals surface area contributed by atoms with Gasteiger partial charge < -0.3 is 5.41 Å². The maximum Gasteiger partial charge on any atom is 0.0185 e. The summed E-state index contributed by atoms with van der Waals surface area (Å²) in [6.45, 7) is 1.98. The van der Waals surface area contributed by atoms with Gasteiger partial charge in [0.25, 0.3) is 0 Å². The van der Waals surface area contributed by atoms with Crippen LogP contribution in [-0.4, -0.2) is 12.5 Å². The summed E-state index contributed by atoms with van der Waals surface area (Å²) in [5, 5.41) is 6.62. The highest BCUT2D eigenvalue weighted by molar-refractivity contribution is 8.02. The number of rotatable bonds is 2. The van der Waals surface area contributed by atoms with Crippen LogP contribution >= 0.6 is 11.8 Å². The summed E-state index contributed by atoms with van der Waals surface area (Å²) >= 11 is 1.66. The van der Waals surface area contributed by atoms with Crippen LogP contribution in [0.4, 0.5) is 0 Å². The van der Waals surface area contributed by atoms with Crippen LogP contribution in [0.5, 0.6) is 0 Å². The Morgan fingerprint density at radius 3 is 2.43 bits per heavy atom. The van der Waals surface area contributed by atoms with Crippen molar-refractivity contribution in [2.45, 2.75) is 6.92 Å². The van der Waals surface area contributed by atoms with E-state index in [1.807, 2.05) is 13.2 Å². The highest BCUT2D eigenvalue weighted by Crippen LogP contribution is 2.06. The smallest absolute Gasteiger partial charge is 0.0185 e. The molecule has 0 heterocycles. The molecule has 0 saturated carbocycles. The van der Waals surface area contributed by atoms with Crippen LogP contribution in [0.2, 0.25) is 0 Å². The summed E-state index contributed by atoms with van der Waals surface area (Å²) in [4.78, 5) is 1.18. The van der Waals surface area contributed by atoms with Crippen molar-refractivity contribution >= 4 is 18.0 Å². The van der Waals surface area contributed by atoms with Crippen molar-refractivity contribution in [2.75, 3.05) is 6.26 Å². The Morgan fingerprint density at radius 2 is 2.29 bits per heavy atom. The van der Waals surface area contributed by atoms with Gasteiger partial charge in [0.15, 0.2) is 0 Å². The summed E-state index contributed by atoms with van der Waals surface area (Å²) < 4.78 is 0. The minimum atomic E-state index is 1.18. The lowest BCUT2D eigenvalue weighted by atomic mass is 10.6. The Bertz CT molecular complexity index is 86.1. The van der Waals surface area contributed by atoms with Crippen LogP contribution in [0.15, 0.2) is 11.0 Å². The summed E-state index contributed by atoms with van der Waals surface area (Å²) in [5.74, 6) is 0. The molecular formula is C5H9NS. The number of thioether (sulfide) groups is 1. The fraction of sp³-hybridized carbons (Fsp3) is 0.400. The first-order valence-electron chi connectivity index (χ1n) is 2.02. The van der Waals surface area contributed by atoms with Crippen LogP contribution in [0.3, 0.4) is 0 Å². The number of allylic oxidation sites excluding steroid dienone is 2. The first-order chi connectivity index (χ1) is 3.31. The van der Waals surface area contributed by atoms with Gasteiger partial charge in [-0.3, -0.25) is 0 Å². The van der Waals surface area contributed by atoms with Gasteiger partial charge in [0.05, 0.1) is 0 Å². The van der Waals surface area contributed by atoms with Crippen LogP contribution in [0, 0.1) is 5.41 Å². The lowest BCUT2D eigenvalue weighted by molar-refractivity contribution is 1.57. The summed E-state index contributed by atoms with van der Waals surface area (Å²) in [5.41, 5.74) is 0. The van der Waals surface area contributed by atoms with Crippen molar-refractivity contribution in [3.8, 4) is 0 Å². The van der Waals surface area contributed by atoms with E-state index in [0.29, 0.717) is 0 Å². The molecule has 1 nitrogen and oxygen atoms in total. The van der Waals surface area contributed by atoms with E-state index >= 15 is 0 Å². The average Bonchev–Trinajstić information content (AvgIpc) is 1.68. The normalized spacial score (nSPS) is 11.4. The van der Waals surface area contributed by atoms with Gasteiger partial charge >= 0.3 is 0 Å². The molecule has 0 aliphatic heterocycles. The summed E-state index contributed by atoms with van der Waals surface area (Å²) in [7, 11) is 0. The van der Waals surface area contributed by atoms with E-state index in [2.05, 4.69) is 0 Å². The molecule has 0 aliphatic carbocycles.